The molecule has 1 amide bonds. The zero-order chi connectivity index (χ0) is 35.2. The summed E-state index contributed by atoms with van der Waals surface area (Å²) in [7, 11) is 0. The van der Waals surface area contributed by atoms with Crippen LogP contribution in [0.1, 0.15) is 219 Å². The molecular weight excluding hydrogens is 594 g/mol. The van der Waals surface area contributed by atoms with Crippen molar-refractivity contribution in [2.24, 2.45) is 0 Å². The Bertz CT molecular complexity index is 709. The van der Waals surface area contributed by atoms with E-state index in [0.717, 1.165) is 44.9 Å². The molecule has 0 aliphatic heterocycles. The normalized spacial score (nSPS) is 13.9. The lowest BCUT2D eigenvalue weighted by atomic mass is 10.0. The summed E-state index contributed by atoms with van der Waals surface area (Å²) in [6.45, 7) is 4.16. The first kappa shape index (κ1) is 46.8. The van der Waals surface area contributed by atoms with Gasteiger partial charge >= 0.3 is 0 Å². The number of unbranched alkanes of at least 4 members (excludes halogenated alkanes) is 26. The van der Waals surface area contributed by atoms with Crippen molar-refractivity contribution in [2.75, 3.05) is 6.61 Å². The molecule has 0 aromatic heterocycles. The molecule has 5 nitrogen and oxygen atoms in total. The summed E-state index contributed by atoms with van der Waals surface area (Å²) in [6.07, 6.45) is 45.6. The van der Waals surface area contributed by atoms with Crippen molar-refractivity contribution >= 4 is 5.91 Å². The molecule has 0 saturated heterocycles. The lowest BCUT2D eigenvalue weighted by Gasteiger charge is -2.26. The molecule has 0 heterocycles. The summed E-state index contributed by atoms with van der Waals surface area (Å²) in [5, 5.41) is 33.4. The Morgan fingerprint density at radius 2 is 0.854 bits per heavy atom. The highest BCUT2D eigenvalue weighted by atomic mass is 16.3. The van der Waals surface area contributed by atoms with Crippen LogP contribution in [0.3, 0.4) is 0 Å². The Labute approximate surface area is 299 Å². The Kier molecular flexibility index (Phi) is 37.7. The zero-order valence-corrected chi connectivity index (χ0v) is 32.1. The Morgan fingerprint density at radius 1 is 0.500 bits per heavy atom. The van der Waals surface area contributed by atoms with Crippen LogP contribution in [0, 0.1) is 0 Å². The number of aliphatic hydroxyl groups excluding tert-OH is 3. The Morgan fingerprint density at radius 3 is 1.27 bits per heavy atom. The summed E-state index contributed by atoms with van der Waals surface area (Å²) in [6, 6.07) is -0.827. The van der Waals surface area contributed by atoms with E-state index >= 15 is 0 Å². The van der Waals surface area contributed by atoms with Gasteiger partial charge in [-0.2, -0.15) is 0 Å². The van der Waals surface area contributed by atoms with E-state index in [1.54, 1.807) is 0 Å². The molecule has 0 aliphatic rings. The van der Waals surface area contributed by atoms with Gasteiger partial charge in [-0.1, -0.05) is 186 Å². The second-order valence-electron chi connectivity index (χ2n) is 14.5. The van der Waals surface area contributed by atoms with Gasteiger partial charge < -0.3 is 20.6 Å². The first-order valence-electron chi connectivity index (χ1n) is 21.1. The van der Waals surface area contributed by atoms with E-state index in [2.05, 4.69) is 43.5 Å². The molecule has 0 aromatic carbocycles. The SMILES string of the molecule is CCCCCCCCCC/C=C/CC/C=C/CCCC(O)C(O)C(CO)NC(=O)CCCCCCCCCCCCCCCCCCC. The Balaban J connectivity index is 3.70. The molecule has 4 N–H and O–H groups in total. The lowest BCUT2D eigenvalue weighted by Crippen LogP contribution is -2.50. The number of rotatable bonds is 38. The highest BCUT2D eigenvalue weighted by Crippen LogP contribution is 2.15. The number of carbonyl (C=O) groups excluding carboxylic acids is 1. The van der Waals surface area contributed by atoms with Crippen LogP contribution in [0.25, 0.3) is 0 Å². The average Bonchev–Trinajstić information content (AvgIpc) is 3.09. The van der Waals surface area contributed by atoms with E-state index in [1.165, 1.54) is 148 Å². The fourth-order valence-corrected chi connectivity index (χ4v) is 6.47. The first-order chi connectivity index (χ1) is 23.6. The van der Waals surface area contributed by atoms with Crippen molar-refractivity contribution in [2.45, 2.75) is 238 Å². The Hall–Kier alpha value is -1.17. The van der Waals surface area contributed by atoms with Crippen LogP contribution in [0.4, 0.5) is 0 Å². The number of carbonyl (C=O) groups is 1. The number of nitrogens with one attached hydrogen (secondary N) is 1. The molecule has 0 aliphatic carbocycles. The molecule has 0 aromatic rings. The first-order valence-corrected chi connectivity index (χ1v) is 21.1. The summed E-state index contributed by atoms with van der Waals surface area (Å²) in [5.74, 6) is -0.156. The second kappa shape index (κ2) is 38.6. The van der Waals surface area contributed by atoms with Gasteiger partial charge in [-0.3, -0.25) is 4.79 Å². The van der Waals surface area contributed by atoms with Gasteiger partial charge in [0.1, 0.15) is 6.10 Å². The maximum absolute atomic E-state index is 12.4. The van der Waals surface area contributed by atoms with E-state index in [4.69, 9.17) is 0 Å². The van der Waals surface area contributed by atoms with E-state index in [1.807, 2.05) is 0 Å². The smallest absolute Gasteiger partial charge is 0.220 e. The van der Waals surface area contributed by atoms with E-state index in [9.17, 15) is 20.1 Å². The molecule has 284 valence electrons. The quantitative estimate of drug-likeness (QED) is 0.0387. The lowest BCUT2D eigenvalue weighted by molar-refractivity contribution is -0.124. The van der Waals surface area contributed by atoms with Gasteiger partial charge in [0.25, 0.3) is 0 Å². The summed E-state index contributed by atoms with van der Waals surface area (Å²) in [5.41, 5.74) is 0. The number of hydrogen-bond donors (Lipinski definition) is 4. The van der Waals surface area contributed by atoms with E-state index in [-0.39, 0.29) is 12.5 Å². The number of hydrogen-bond acceptors (Lipinski definition) is 4. The van der Waals surface area contributed by atoms with Crippen molar-refractivity contribution in [3.8, 4) is 0 Å². The van der Waals surface area contributed by atoms with Gasteiger partial charge in [-0.15, -0.1) is 0 Å². The zero-order valence-electron chi connectivity index (χ0n) is 32.1. The summed E-state index contributed by atoms with van der Waals surface area (Å²) < 4.78 is 0. The van der Waals surface area contributed by atoms with Gasteiger partial charge in [-0.05, 0) is 51.4 Å². The van der Waals surface area contributed by atoms with Crippen molar-refractivity contribution in [1.29, 1.82) is 0 Å². The molecule has 0 rings (SSSR count). The highest BCUT2D eigenvalue weighted by molar-refractivity contribution is 5.76. The van der Waals surface area contributed by atoms with E-state index < -0.39 is 18.2 Å². The van der Waals surface area contributed by atoms with Gasteiger partial charge in [0.05, 0.1) is 18.8 Å². The van der Waals surface area contributed by atoms with Gasteiger partial charge in [0.2, 0.25) is 5.91 Å². The molecule has 0 bridgehead atoms. The molecule has 0 radical (unpaired) electrons. The van der Waals surface area contributed by atoms with Crippen molar-refractivity contribution < 1.29 is 20.1 Å². The minimum atomic E-state index is -1.16. The van der Waals surface area contributed by atoms with Crippen molar-refractivity contribution in [1.82, 2.24) is 5.32 Å². The van der Waals surface area contributed by atoms with Crippen LogP contribution in [0.5, 0.6) is 0 Å². The van der Waals surface area contributed by atoms with Gasteiger partial charge in [0, 0.05) is 6.42 Å². The fraction of sp³-hybridized carbons (Fsp3) is 0.884. The monoisotopic (exact) mass is 678 g/mol. The largest absolute Gasteiger partial charge is 0.394 e. The molecular formula is C43H83NO4. The molecule has 0 fully saturated rings. The maximum atomic E-state index is 12.4. The molecule has 0 saturated carbocycles. The number of amides is 1. The third kappa shape index (κ3) is 33.3. The van der Waals surface area contributed by atoms with Gasteiger partial charge in [-0.25, -0.2) is 0 Å². The van der Waals surface area contributed by atoms with Crippen LogP contribution < -0.4 is 5.32 Å². The summed E-state index contributed by atoms with van der Waals surface area (Å²) in [4.78, 5) is 12.4. The van der Waals surface area contributed by atoms with Crippen molar-refractivity contribution in [3.05, 3.63) is 24.3 Å². The number of aliphatic hydroxyl groups is 3. The minimum absolute atomic E-state index is 0.156. The molecule has 3 atom stereocenters. The minimum Gasteiger partial charge on any atom is -0.394 e. The molecule has 3 unspecified atom stereocenters. The molecule has 0 spiro atoms. The maximum Gasteiger partial charge on any atom is 0.220 e. The third-order valence-electron chi connectivity index (χ3n) is 9.79. The topological polar surface area (TPSA) is 89.8 Å². The highest BCUT2D eigenvalue weighted by Gasteiger charge is 2.26. The van der Waals surface area contributed by atoms with Crippen LogP contribution >= 0.6 is 0 Å². The van der Waals surface area contributed by atoms with Crippen LogP contribution in [-0.2, 0) is 4.79 Å². The standard InChI is InChI=1S/C43H83NO4/c1-3-5-7-9-11-13-15-17-19-21-23-25-27-29-31-33-35-37-41(46)43(48)40(39-45)44-42(47)38-36-34-32-30-28-26-24-22-20-18-16-14-12-10-8-6-4-2/h21,23,29,31,40-41,43,45-46,48H,3-20,22,24-28,30,32-39H2,1-2H3,(H,44,47)/b23-21+,31-29+. The van der Waals surface area contributed by atoms with Gasteiger partial charge in [0.15, 0.2) is 0 Å². The van der Waals surface area contributed by atoms with E-state index in [0.29, 0.717) is 12.8 Å². The predicted molar refractivity (Wildman–Crippen MR) is 208 cm³/mol. The summed E-state index contributed by atoms with van der Waals surface area (Å²) >= 11 is 0. The van der Waals surface area contributed by atoms with Crippen molar-refractivity contribution in [3.63, 3.8) is 0 Å². The van der Waals surface area contributed by atoms with Crippen LogP contribution in [0.15, 0.2) is 24.3 Å². The number of allylic oxidation sites excluding steroid dienone is 4. The second-order valence-corrected chi connectivity index (χ2v) is 14.5. The van der Waals surface area contributed by atoms with Crippen LogP contribution in [-0.4, -0.2) is 46.1 Å². The molecule has 48 heavy (non-hydrogen) atoms. The third-order valence-corrected chi connectivity index (χ3v) is 9.79. The molecule has 5 heteroatoms. The van der Waals surface area contributed by atoms with Crippen LogP contribution in [0.2, 0.25) is 0 Å². The fourth-order valence-electron chi connectivity index (χ4n) is 6.47. The average molecular weight is 678 g/mol. The predicted octanol–water partition coefficient (Wildman–Crippen LogP) is 11.8.